The predicted molar refractivity (Wildman–Crippen MR) is 141 cm³/mol. The molecule has 2 heterocycles. The fourth-order valence-corrected chi connectivity index (χ4v) is 5.04. The van der Waals surface area contributed by atoms with Gasteiger partial charge >= 0.3 is 0 Å². The van der Waals surface area contributed by atoms with E-state index in [2.05, 4.69) is 73.5 Å². The molecule has 7 heteroatoms. The zero-order chi connectivity index (χ0) is 24.9. The second-order valence-corrected chi connectivity index (χ2v) is 9.39. The third-order valence-corrected chi connectivity index (χ3v) is 7.00. The summed E-state index contributed by atoms with van der Waals surface area (Å²) in [6.45, 7) is 5.35. The molecule has 1 unspecified atom stereocenters. The molecule has 4 aromatic rings. The van der Waals surface area contributed by atoms with Crippen molar-refractivity contribution < 1.29 is 9.53 Å². The van der Waals surface area contributed by atoms with E-state index in [1.165, 1.54) is 21.9 Å². The summed E-state index contributed by atoms with van der Waals surface area (Å²) in [4.78, 5) is 15.0. The lowest BCUT2D eigenvalue weighted by molar-refractivity contribution is -0.121. The SMILES string of the molecule is COc1ccc2ccccc2c1CN1CCc2nnc(C(C)NC(=O)CCc3ccccc3)n2CC1. The number of amides is 1. The van der Waals surface area contributed by atoms with Gasteiger partial charge in [-0.2, -0.15) is 0 Å². The number of nitrogens with zero attached hydrogens (tertiary/aromatic N) is 4. The second kappa shape index (κ2) is 10.9. The number of carbonyl (C=O) groups is 1. The molecule has 1 atom stereocenters. The molecule has 0 bridgehead atoms. The first-order valence-electron chi connectivity index (χ1n) is 12.6. The molecule has 1 N–H and O–H groups in total. The number of carbonyl (C=O) groups excluding carboxylic acids is 1. The van der Waals surface area contributed by atoms with Gasteiger partial charge in [-0.25, -0.2) is 0 Å². The van der Waals surface area contributed by atoms with Crippen LogP contribution in [0.3, 0.4) is 0 Å². The lowest BCUT2D eigenvalue weighted by Gasteiger charge is -2.22. The monoisotopic (exact) mass is 483 g/mol. The van der Waals surface area contributed by atoms with Gasteiger partial charge in [-0.3, -0.25) is 9.69 Å². The zero-order valence-electron chi connectivity index (χ0n) is 21.0. The smallest absolute Gasteiger partial charge is 0.220 e. The molecule has 0 radical (unpaired) electrons. The Bertz CT molecular complexity index is 1330. The third-order valence-electron chi connectivity index (χ3n) is 7.00. The maximum absolute atomic E-state index is 12.6. The predicted octanol–water partition coefficient (Wildman–Crippen LogP) is 4.31. The van der Waals surface area contributed by atoms with Crippen molar-refractivity contribution in [3.63, 3.8) is 0 Å². The molecule has 7 nitrogen and oxygen atoms in total. The van der Waals surface area contributed by atoms with Gasteiger partial charge in [0.1, 0.15) is 11.6 Å². The number of hydrogen-bond acceptors (Lipinski definition) is 5. The zero-order valence-corrected chi connectivity index (χ0v) is 21.0. The minimum Gasteiger partial charge on any atom is -0.496 e. The number of methoxy groups -OCH3 is 1. The van der Waals surface area contributed by atoms with Crippen LogP contribution in [0.4, 0.5) is 0 Å². The van der Waals surface area contributed by atoms with Crippen LogP contribution in [-0.2, 0) is 30.7 Å². The van der Waals surface area contributed by atoms with Gasteiger partial charge in [0.2, 0.25) is 5.91 Å². The molecule has 1 aliphatic rings. The molecule has 5 rings (SSSR count). The molecule has 3 aromatic carbocycles. The van der Waals surface area contributed by atoms with Gasteiger partial charge < -0.3 is 14.6 Å². The summed E-state index contributed by atoms with van der Waals surface area (Å²) in [5, 5.41) is 14.5. The quantitative estimate of drug-likeness (QED) is 0.404. The molecule has 0 fully saturated rings. The Balaban J connectivity index is 1.24. The molecule has 186 valence electrons. The summed E-state index contributed by atoms with van der Waals surface area (Å²) in [5.41, 5.74) is 2.38. The standard InChI is InChI=1S/C29H33N5O2/c1-21(30-28(35)15-12-22-8-4-3-5-9-22)29-32-31-27-16-17-33(18-19-34(27)29)20-25-24-11-7-6-10-23(24)13-14-26(25)36-2/h3-11,13-14,21H,12,15-20H2,1-2H3,(H,30,35). The molecule has 0 spiro atoms. The first-order chi connectivity index (χ1) is 17.6. The maximum atomic E-state index is 12.6. The summed E-state index contributed by atoms with van der Waals surface area (Å²) < 4.78 is 7.90. The molecule has 1 aliphatic heterocycles. The maximum Gasteiger partial charge on any atom is 0.220 e. The normalized spacial score (nSPS) is 14.7. The van der Waals surface area contributed by atoms with E-state index in [4.69, 9.17) is 4.74 Å². The van der Waals surface area contributed by atoms with Crippen molar-refractivity contribution in [2.45, 2.75) is 45.3 Å². The van der Waals surface area contributed by atoms with Crippen LogP contribution in [0.5, 0.6) is 5.75 Å². The number of ether oxygens (including phenoxy) is 1. The van der Waals surface area contributed by atoms with Crippen molar-refractivity contribution in [3.05, 3.63) is 89.5 Å². The lowest BCUT2D eigenvalue weighted by atomic mass is 10.0. The van der Waals surface area contributed by atoms with E-state index in [1.54, 1.807) is 7.11 Å². The van der Waals surface area contributed by atoms with Crippen molar-refractivity contribution in [1.29, 1.82) is 0 Å². The van der Waals surface area contributed by atoms with Gasteiger partial charge in [0.05, 0.1) is 13.2 Å². The van der Waals surface area contributed by atoms with Crippen molar-refractivity contribution in [2.75, 3.05) is 20.2 Å². The van der Waals surface area contributed by atoms with E-state index in [-0.39, 0.29) is 11.9 Å². The number of nitrogens with one attached hydrogen (secondary N) is 1. The molecule has 1 aromatic heterocycles. The summed E-state index contributed by atoms with van der Waals surface area (Å²) in [7, 11) is 1.74. The van der Waals surface area contributed by atoms with E-state index in [9.17, 15) is 4.79 Å². The molecular formula is C29H33N5O2. The van der Waals surface area contributed by atoms with E-state index in [0.717, 1.165) is 56.4 Å². The average Bonchev–Trinajstić information content (AvgIpc) is 3.22. The molecule has 0 saturated heterocycles. The molecular weight excluding hydrogens is 450 g/mol. The summed E-state index contributed by atoms with van der Waals surface area (Å²) in [5.74, 6) is 2.75. The molecule has 0 saturated carbocycles. The second-order valence-electron chi connectivity index (χ2n) is 9.39. The Morgan fingerprint density at radius 2 is 1.81 bits per heavy atom. The Hall–Kier alpha value is -3.71. The van der Waals surface area contributed by atoms with E-state index < -0.39 is 0 Å². The number of fused-ring (bicyclic) bond motifs is 2. The fourth-order valence-electron chi connectivity index (χ4n) is 5.04. The summed E-state index contributed by atoms with van der Waals surface area (Å²) in [6, 6.07) is 22.5. The summed E-state index contributed by atoms with van der Waals surface area (Å²) in [6.07, 6.45) is 1.99. The molecule has 36 heavy (non-hydrogen) atoms. The first-order valence-corrected chi connectivity index (χ1v) is 12.6. The minimum atomic E-state index is -0.195. The van der Waals surface area contributed by atoms with Crippen molar-refractivity contribution in [1.82, 2.24) is 25.0 Å². The van der Waals surface area contributed by atoms with Crippen LogP contribution in [0.2, 0.25) is 0 Å². The number of benzene rings is 3. The highest BCUT2D eigenvalue weighted by molar-refractivity contribution is 5.87. The molecule has 0 aliphatic carbocycles. The largest absolute Gasteiger partial charge is 0.496 e. The van der Waals surface area contributed by atoms with E-state index in [1.807, 2.05) is 25.1 Å². The number of aromatic nitrogens is 3. The van der Waals surface area contributed by atoms with Gasteiger partial charge in [0, 0.05) is 44.6 Å². The van der Waals surface area contributed by atoms with Crippen LogP contribution in [0.15, 0.2) is 66.7 Å². The van der Waals surface area contributed by atoms with E-state index >= 15 is 0 Å². The van der Waals surface area contributed by atoms with Crippen LogP contribution in [0.25, 0.3) is 10.8 Å². The van der Waals surface area contributed by atoms with Gasteiger partial charge in [-0.1, -0.05) is 60.7 Å². The van der Waals surface area contributed by atoms with Crippen molar-refractivity contribution in [3.8, 4) is 5.75 Å². The Morgan fingerprint density at radius 3 is 2.64 bits per heavy atom. The van der Waals surface area contributed by atoms with E-state index in [0.29, 0.717) is 6.42 Å². The highest BCUT2D eigenvalue weighted by atomic mass is 16.5. The summed E-state index contributed by atoms with van der Waals surface area (Å²) >= 11 is 0. The first kappa shape index (κ1) is 24.0. The topological polar surface area (TPSA) is 72.3 Å². The highest BCUT2D eigenvalue weighted by Crippen LogP contribution is 2.29. The van der Waals surface area contributed by atoms with Crippen LogP contribution in [0, 0.1) is 0 Å². The van der Waals surface area contributed by atoms with Gasteiger partial charge in [0.15, 0.2) is 5.82 Å². The Labute approximate surface area is 212 Å². The van der Waals surface area contributed by atoms with Crippen LogP contribution < -0.4 is 10.1 Å². The number of rotatable bonds is 8. The van der Waals surface area contributed by atoms with Gasteiger partial charge in [-0.15, -0.1) is 10.2 Å². The van der Waals surface area contributed by atoms with Crippen molar-refractivity contribution in [2.24, 2.45) is 0 Å². The highest BCUT2D eigenvalue weighted by Gasteiger charge is 2.23. The average molecular weight is 484 g/mol. The molecule has 1 amide bonds. The Morgan fingerprint density at radius 1 is 1.00 bits per heavy atom. The van der Waals surface area contributed by atoms with Gasteiger partial charge in [0.25, 0.3) is 0 Å². The van der Waals surface area contributed by atoms with Crippen LogP contribution in [-0.4, -0.2) is 45.8 Å². The fraction of sp³-hybridized carbons (Fsp3) is 0.345. The van der Waals surface area contributed by atoms with Crippen LogP contribution >= 0.6 is 0 Å². The minimum absolute atomic E-state index is 0.0296. The third kappa shape index (κ3) is 5.26. The number of aryl methyl sites for hydroxylation is 1. The van der Waals surface area contributed by atoms with Crippen LogP contribution in [0.1, 0.15) is 42.2 Å². The number of hydrogen-bond donors (Lipinski definition) is 1. The van der Waals surface area contributed by atoms with Crippen molar-refractivity contribution >= 4 is 16.7 Å². The Kier molecular flexibility index (Phi) is 7.28. The lowest BCUT2D eigenvalue weighted by Crippen LogP contribution is -2.30. The van der Waals surface area contributed by atoms with Gasteiger partial charge in [-0.05, 0) is 35.7 Å².